The minimum Gasteiger partial charge on any atom is -0.381 e. The van der Waals surface area contributed by atoms with Gasteiger partial charge in [-0.3, -0.25) is 0 Å². The van der Waals surface area contributed by atoms with Crippen LogP contribution in [0.3, 0.4) is 0 Å². The molecule has 1 saturated heterocycles. The van der Waals surface area contributed by atoms with Gasteiger partial charge in [-0.2, -0.15) is 0 Å². The molecule has 0 atom stereocenters. The molecule has 1 fully saturated rings. The first-order valence-electron chi connectivity index (χ1n) is 6.31. The van der Waals surface area contributed by atoms with E-state index in [1.54, 1.807) is 12.1 Å². The van der Waals surface area contributed by atoms with Crippen molar-refractivity contribution in [2.75, 3.05) is 26.8 Å². The predicted octanol–water partition coefficient (Wildman–Crippen LogP) is 3.04. The molecule has 18 heavy (non-hydrogen) atoms. The van der Waals surface area contributed by atoms with Crippen molar-refractivity contribution in [3.63, 3.8) is 0 Å². The van der Waals surface area contributed by atoms with Gasteiger partial charge in [0, 0.05) is 24.8 Å². The largest absolute Gasteiger partial charge is 0.381 e. The van der Waals surface area contributed by atoms with Gasteiger partial charge in [0.25, 0.3) is 0 Å². The van der Waals surface area contributed by atoms with E-state index in [1.807, 2.05) is 7.05 Å². The lowest BCUT2D eigenvalue weighted by Crippen LogP contribution is -2.40. The lowest BCUT2D eigenvalue weighted by atomic mass is 9.75. The molecule has 0 saturated carbocycles. The molecule has 1 aliphatic rings. The maximum Gasteiger partial charge on any atom is 0.126 e. The summed E-state index contributed by atoms with van der Waals surface area (Å²) < 4.78 is 19.2. The molecule has 1 N–H and O–H groups in total. The van der Waals surface area contributed by atoms with E-state index in [4.69, 9.17) is 16.3 Å². The predicted molar refractivity (Wildman–Crippen MR) is 71.5 cm³/mol. The average Bonchev–Trinajstić information content (AvgIpc) is 2.35. The van der Waals surface area contributed by atoms with Crippen molar-refractivity contribution in [3.8, 4) is 0 Å². The van der Waals surface area contributed by atoms with Crippen molar-refractivity contribution in [3.05, 3.63) is 34.6 Å². The molecule has 0 amide bonds. The molecule has 1 aromatic carbocycles. The van der Waals surface area contributed by atoms with Gasteiger partial charge in [-0.1, -0.05) is 11.6 Å². The summed E-state index contributed by atoms with van der Waals surface area (Å²) in [4.78, 5) is 0. The Kier molecular flexibility index (Phi) is 4.60. The molecule has 4 heteroatoms. The smallest absolute Gasteiger partial charge is 0.126 e. The van der Waals surface area contributed by atoms with Crippen LogP contribution >= 0.6 is 11.6 Å². The maximum atomic E-state index is 13.8. The number of halogens is 2. The first-order chi connectivity index (χ1) is 8.65. The van der Waals surface area contributed by atoms with E-state index in [-0.39, 0.29) is 11.2 Å². The number of nitrogens with one attached hydrogen (secondary N) is 1. The van der Waals surface area contributed by atoms with E-state index in [2.05, 4.69) is 5.32 Å². The lowest BCUT2D eigenvalue weighted by Gasteiger charge is -2.37. The van der Waals surface area contributed by atoms with Gasteiger partial charge in [-0.15, -0.1) is 0 Å². The van der Waals surface area contributed by atoms with Crippen LogP contribution in [-0.4, -0.2) is 26.8 Å². The second kappa shape index (κ2) is 6.00. The molecular weight excluding hydrogens is 253 g/mol. The van der Waals surface area contributed by atoms with Crippen molar-refractivity contribution in [1.29, 1.82) is 0 Å². The van der Waals surface area contributed by atoms with Gasteiger partial charge in [-0.05, 0) is 55.5 Å². The van der Waals surface area contributed by atoms with Gasteiger partial charge in [0.15, 0.2) is 0 Å². The molecule has 0 spiro atoms. The first-order valence-corrected chi connectivity index (χ1v) is 6.69. The minimum absolute atomic E-state index is 0.0819. The monoisotopic (exact) mass is 271 g/mol. The summed E-state index contributed by atoms with van der Waals surface area (Å²) in [6.07, 6.45) is 2.63. The van der Waals surface area contributed by atoms with Crippen molar-refractivity contribution in [2.24, 2.45) is 5.41 Å². The SMILES string of the molecule is CNCC1(Cc2cc(Cl)ccc2F)CCOCC1. The van der Waals surface area contributed by atoms with Crippen molar-refractivity contribution in [2.45, 2.75) is 19.3 Å². The molecule has 0 aliphatic carbocycles. The zero-order chi connectivity index (χ0) is 13.0. The average molecular weight is 272 g/mol. The van der Waals surface area contributed by atoms with Crippen LogP contribution in [0.5, 0.6) is 0 Å². The van der Waals surface area contributed by atoms with Crippen LogP contribution in [-0.2, 0) is 11.2 Å². The van der Waals surface area contributed by atoms with Crippen LogP contribution in [0.15, 0.2) is 18.2 Å². The molecule has 0 unspecified atom stereocenters. The maximum absolute atomic E-state index is 13.8. The molecule has 100 valence electrons. The Bertz CT molecular complexity index is 399. The molecule has 2 nitrogen and oxygen atoms in total. The summed E-state index contributed by atoms with van der Waals surface area (Å²) >= 11 is 5.95. The van der Waals surface area contributed by atoms with Gasteiger partial charge < -0.3 is 10.1 Å². The molecular formula is C14H19ClFNO. The molecule has 0 radical (unpaired) electrons. The first kappa shape index (κ1) is 13.8. The molecule has 0 bridgehead atoms. The van der Waals surface area contributed by atoms with E-state index in [1.165, 1.54) is 6.07 Å². The van der Waals surface area contributed by atoms with Gasteiger partial charge in [0.1, 0.15) is 5.82 Å². The quantitative estimate of drug-likeness (QED) is 0.909. The molecule has 1 aromatic rings. The standard InChI is InChI=1S/C14H19ClFNO/c1-17-10-14(4-6-18-7-5-14)9-11-8-12(15)2-3-13(11)16/h2-3,8,17H,4-7,9-10H2,1H3. The number of rotatable bonds is 4. The van der Waals surface area contributed by atoms with Crippen LogP contribution in [0.1, 0.15) is 18.4 Å². The van der Waals surface area contributed by atoms with E-state index < -0.39 is 0 Å². The number of benzene rings is 1. The van der Waals surface area contributed by atoms with Crippen molar-refractivity contribution in [1.82, 2.24) is 5.32 Å². The van der Waals surface area contributed by atoms with E-state index in [0.717, 1.165) is 32.6 Å². The Labute approximate surface area is 112 Å². The molecule has 2 rings (SSSR count). The van der Waals surface area contributed by atoms with Crippen LogP contribution < -0.4 is 5.32 Å². The fraction of sp³-hybridized carbons (Fsp3) is 0.571. The Balaban J connectivity index is 2.19. The summed E-state index contributed by atoms with van der Waals surface area (Å²) in [6.45, 7) is 2.38. The highest BCUT2D eigenvalue weighted by Crippen LogP contribution is 2.35. The van der Waals surface area contributed by atoms with Crippen LogP contribution in [0.25, 0.3) is 0 Å². The zero-order valence-electron chi connectivity index (χ0n) is 10.6. The highest BCUT2D eigenvalue weighted by Gasteiger charge is 2.32. The van der Waals surface area contributed by atoms with Gasteiger partial charge in [0.05, 0.1) is 0 Å². The Morgan fingerprint density at radius 3 is 2.78 bits per heavy atom. The van der Waals surface area contributed by atoms with Crippen molar-refractivity contribution >= 4 is 11.6 Å². The van der Waals surface area contributed by atoms with Crippen LogP contribution in [0, 0.1) is 11.2 Å². The summed E-state index contributed by atoms with van der Waals surface area (Å²) in [7, 11) is 1.94. The second-order valence-corrected chi connectivity index (χ2v) is 5.49. The highest BCUT2D eigenvalue weighted by molar-refractivity contribution is 6.30. The number of ether oxygens (including phenoxy) is 1. The summed E-state index contributed by atoms with van der Waals surface area (Å²) in [5, 5.41) is 3.82. The van der Waals surface area contributed by atoms with Crippen molar-refractivity contribution < 1.29 is 9.13 Å². The van der Waals surface area contributed by atoms with E-state index in [9.17, 15) is 4.39 Å². The molecule has 1 aliphatic heterocycles. The summed E-state index contributed by atoms with van der Waals surface area (Å²) in [5.41, 5.74) is 0.790. The lowest BCUT2D eigenvalue weighted by molar-refractivity contribution is 0.0154. The minimum atomic E-state index is -0.165. The normalized spacial score (nSPS) is 18.8. The zero-order valence-corrected chi connectivity index (χ0v) is 11.4. The number of hydrogen-bond acceptors (Lipinski definition) is 2. The fourth-order valence-electron chi connectivity index (χ4n) is 2.68. The number of hydrogen-bond donors (Lipinski definition) is 1. The van der Waals surface area contributed by atoms with Gasteiger partial charge in [-0.25, -0.2) is 4.39 Å². The fourth-order valence-corrected chi connectivity index (χ4v) is 2.87. The van der Waals surface area contributed by atoms with Gasteiger partial charge >= 0.3 is 0 Å². The highest BCUT2D eigenvalue weighted by atomic mass is 35.5. The third kappa shape index (κ3) is 3.22. The van der Waals surface area contributed by atoms with Crippen LogP contribution in [0.2, 0.25) is 5.02 Å². The van der Waals surface area contributed by atoms with E-state index in [0.29, 0.717) is 17.0 Å². The second-order valence-electron chi connectivity index (χ2n) is 5.06. The summed E-state index contributed by atoms with van der Waals surface area (Å²) in [6, 6.07) is 4.78. The molecule has 1 heterocycles. The molecule has 0 aromatic heterocycles. The Morgan fingerprint density at radius 2 is 2.11 bits per heavy atom. The topological polar surface area (TPSA) is 21.3 Å². The third-order valence-electron chi connectivity index (χ3n) is 3.68. The Hall–Kier alpha value is -0.640. The van der Waals surface area contributed by atoms with E-state index >= 15 is 0 Å². The summed E-state index contributed by atoms with van der Waals surface area (Å²) in [5.74, 6) is -0.165. The van der Waals surface area contributed by atoms with Crippen LogP contribution in [0.4, 0.5) is 4.39 Å². The Morgan fingerprint density at radius 1 is 1.39 bits per heavy atom. The van der Waals surface area contributed by atoms with Gasteiger partial charge in [0.2, 0.25) is 0 Å². The third-order valence-corrected chi connectivity index (χ3v) is 3.91.